The number of allylic oxidation sites excluding steroid dienone is 4. The number of rotatable bonds is 1. The summed E-state index contributed by atoms with van der Waals surface area (Å²) < 4.78 is 5.41. The lowest BCUT2D eigenvalue weighted by Crippen LogP contribution is -2.65. The zero-order chi connectivity index (χ0) is 27.4. The molecule has 5 heteroatoms. The van der Waals surface area contributed by atoms with Crippen molar-refractivity contribution < 1.29 is 19.1 Å². The van der Waals surface area contributed by atoms with Gasteiger partial charge in [0.05, 0.1) is 12.5 Å². The monoisotopic (exact) mass is 506 g/mol. The highest BCUT2D eigenvalue weighted by atomic mass is 16.5. The van der Waals surface area contributed by atoms with Gasteiger partial charge in [-0.2, -0.15) is 0 Å². The molecule has 0 aliphatic heterocycles. The summed E-state index contributed by atoms with van der Waals surface area (Å²) in [5.41, 5.74) is -0.719. The van der Waals surface area contributed by atoms with Crippen LogP contribution in [-0.4, -0.2) is 24.6 Å². The van der Waals surface area contributed by atoms with Gasteiger partial charge in [-0.25, -0.2) is 0 Å². The van der Waals surface area contributed by atoms with Crippen molar-refractivity contribution in [2.45, 2.75) is 93.4 Å². The van der Waals surface area contributed by atoms with Crippen molar-refractivity contribution in [2.75, 3.05) is 7.11 Å². The molecule has 0 aromatic rings. The van der Waals surface area contributed by atoms with Crippen molar-refractivity contribution in [3.05, 3.63) is 28.3 Å². The summed E-state index contributed by atoms with van der Waals surface area (Å²) in [5, 5.41) is 0. The van der Waals surface area contributed by atoms with Crippen LogP contribution in [0.5, 0.6) is 0 Å². The molecule has 3 saturated carbocycles. The van der Waals surface area contributed by atoms with E-state index >= 15 is 0 Å². The highest BCUT2D eigenvalue weighted by molar-refractivity contribution is 6.03. The van der Waals surface area contributed by atoms with Gasteiger partial charge in [-0.05, 0) is 89.5 Å². The van der Waals surface area contributed by atoms with E-state index in [9.17, 15) is 14.4 Å². The summed E-state index contributed by atoms with van der Waals surface area (Å²) in [6.45, 7) is 21.1. The molecule has 7 unspecified atom stereocenters. The summed E-state index contributed by atoms with van der Waals surface area (Å²) in [4.78, 5) is 44.9. The summed E-state index contributed by atoms with van der Waals surface area (Å²) in [6.07, 6.45) is 9.85. The predicted octanol–water partition coefficient (Wildman–Crippen LogP) is 6.78. The van der Waals surface area contributed by atoms with Crippen LogP contribution in [0.15, 0.2) is 23.4 Å². The average Bonchev–Trinajstić information content (AvgIpc) is 2.82. The van der Waals surface area contributed by atoms with Crippen LogP contribution in [0, 0.1) is 56.8 Å². The second-order valence-corrected chi connectivity index (χ2v) is 14.9. The lowest BCUT2D eigenvalue weighted by Gasteiger charge is -2.68. The van der Waals surface area contributed by atoms with Crippen molar-refractivity contribution in [1.29, 1.82) is 0 Å². The van der Waals surface area contributed by atoms with Gasteiger partial charge in [0.15, 0.2) is 5.78 Å². The molecule has 5 aliphatic rings. The first-order valence-electron chi connectivity index (χ1n) is 14.1. The Kier molecular flexibility index (Phi) is 5.47. The largest absolute Gasteiger partial charge is 0.469 e. The number of ketones is 2. The number of nitrogens with zero attached hydrogens (tertiary/aromatic N) is 1. The maximum absolute atomic E-state index is 14.4. The van der Waals surface area contributed by atoms with Crippen molar-refractivity contribution >= 4 is 17.5 Å². The van der Waals surface area contributed by atoms with Gasteiger partial charge in [0.1, 0.15) is 0 Å². The number of Topliss-reactive ketones (excluding diaryl/α,β-unsaturated/α-hetero) is 1. The van der Waals surface area contributed by atoms with Gasteiger partial charge in [-0.3, -0.25) is 14.4 Å². The summed E-state index contributed by atoms with van der Waals surface area (Å²) in [6, 6.07) is 0. The second kappa shape index (κ2) is 7.67. The van der Waals surface area contributed by atoms with Gasteiger partial charge in [-0.1, -0.05) is 48.5 Å². The first-order chi connectivity index (χ1) is 17.0. The van der Waals surface area contributed by atoms with Gasteiger partial charge >= 0.3 is 11.7 Å². The third kappa shape index (κ3) is 3.11. The fourth-order valence-electron chi connectivity index (χ4n) is 10.2. The molecule has 0 amide bonds. The Hall–Kier alpha value is -2.22. The number of carbonyl (C=O) groups excluding carboxylic acids is 3. The minimum absolute atomic E-state index is 0.0159. The zero-order valence-electron chi connectivity index (χ0n) is 24.0. The van der Waals surface area contributed by atoms with Crippen LogP contribution < -0.4 is 0 Å². The topological polar surface area (TPSA) is 64.8 Å². The van der Waals surface area contributed by atoms with Crippen LogP contribution in [-0.2, 0) is 19.1 Å². The molecule has 5 aliphatic carbocycles. The number of hydrogen-bond donors (Lipinski definition) is 0. The number of esters is 1. The minimum Gasteiger partial charge on any atom is -0.469 e. The molecule has 0 heterocycles. The zero-order valence-corrected chi connectivity index (χ0v) is 24.0. The van der Waals surface area contributed by atoms with E-state index in [1.165, 1.54) is 7.11 Å². The van der Waals surface area contributed by atoms with Crippen LogP contribution in [0.4, 0.5) is 0 Å². The average molecular weight is 507 g/mol. The van der Waals surface area contributed by atoms with Crippen molar-refractivity contribution in [2.24, 2.45) is 50.2 Å². The second-order valence-electron chi connectivity index (χ2n) is 14.9. The quantitative estimate of drug-likeness (QED) is 0.368. The first kappa shape index (κ1) is 26.4. The number of carbonyl (C=O) groups is 3. The predicted molar refractivity (Wildman–Crippen MR) is 144 cm³/mol. The van der Waals surface area contributed by atoms with E-state index in [0.29, 0.717) is 5.70 Å². The fourth-order valence-corrected chi connectivity index (χ4v) is 10.2. The van der Waals surface area contributed by atoms with Gasteiger partial charge in [0.25, 0.3) is 12.4 Å². The molecule has 5 nitrogen and oxygen atoms in total. The molecule has 0 radical (unpaired) electrons. The first-order valence-corrected chi connectivity index (χ1v) is 14.1. The molecule has 200 valence electrons. The van der Waals surface area contributed by atoms with E-state index < -0.39 is 16.2 Å². The maximum Gasteiger partial charge on any atom is 0.379 e. The molecule has 0 spiro atoms. The number of methoxy groups -OCH3 is 1. The smallest absolute Gasteiger partial charge is 0.379 e. The van der Waals surface area contributed by atoms with Crippen molar-refractivity contribution in [3.63, 3.8) is 0 Å². The summed E-state index contributed by atoms with van der Waals surface area (Å²) >= 11 is 0. The Morgan fingerprint density at radius 2 is 1.65 bits per heavy atom. The van der Waals surface area contributed by atoms with E-state index in [2.05, 4.69) is 39.5 Å². The van der Waals surface area contributed by atoms with E-state index in [1.54, 1.807) is 0 Å². The number of ether oxygens (including phenoxy) is 1. The molecular weight excluding hydrogens is 462 g/mol. The molecule has 3 fully saturated rings. The van der Waals surface area contributed by atoms with E-state index in [4.69, 9.17) is 11.3 Å². The molecule has 37 heavy (non-hydrogen) atoms. The molecule has 5 rings (SSSR count). The third-order valence-corrected chi connectivity index (χ3v) is 12.5. The van der Waals surface area contributed by atoms with Crippen LogP contribution in [0.2, 0.25) is 0 Å². The molecule has 0 aromatic carbocycles. The van der Waals surface area contributed by atoms with Crippen LogP contribution in [0.25, 0.3) is 4.85 Å². The van der Waals surface area contributed by atoms with Gasteiger partial charge in [0, 0.05) is 22.8 Å². The van der Waals surface area contributed by atoms with Crippen molar-refractivity contribution in [1.82, 2.24) is 0 Å². The Labute approximate surface area is 222 Å². The molecule has 0 bridgehead atoms. The van der Waals surface area contributed by atoms with Crippen LogP contribution >= 0.6 is 0 Å². The lowest BCUT2D eigenvalue weighted by atomic mass is 9.34. The fraction of sp³-hybridized carbons (Fsp3) is 0.750. The molecule has 7 atom stereocenters. The SMILES string of the molecule is C#[N+]C1=CC2(C)C3=CC(=O)C4C5CC(C)(C)CCC5(C(=O)OC)CCC4(C)C3(C)CCC2C(C)(C)C1=O. The van der Waals surface area contributed by atoms with Crippen LogP contribution in [0.3, 0.4) is 0 Å². The van der Waals surface area contributed by atoms with E-state index in [1.807, 2.05) is 26.0 Å². The Balaban J connectivity index is 1.71. The van der Waals surface area contributed by atoms with Gasteiger partial charge in [-0.15, -0.1) is 0 Å². The molecule has 0 N–H and O–H groups in total. The normalized spacial score (nSPS) is 45.6. The number of hydrogen-bond acceptors (Lipinski definition) is 4. The number of fused-ring (bicyclic) bond motifs is 7. The molecule has 0 saturated heterocycles. The minimum atomic E-state index is -0.620. The Morgan fingerprint density at radius 1 is 1.00 bits per heavy atom. The molecular formula is C32H44NO4+. The van der Waals surface area contributed by atoms with Gasteiger partial charge in [0.2, 0.25) is 0 Å². The molecule has 0 aromatic heterocycles. The van der Waals surface area contributed by atoms with E-state index in [0.717, 1.165) is 50.5 Å². The Morgan fingerprint density at radius 3 is 2.27 bits per heavy atom. The highest BCUT2D eigenvalue weighted by Crippen LogP contribution is 2.74. The van der Waals surface area contributed by atoms with Crippen LogP contribution in [0.1, 0.15) is 93.4 Å². The van der Waals surface area contributed by atoms with Crippen molar-refractivity contribution in [3.8, 4) is 6.57 Å². The van der Waals surface area contributed by atoms with Gasteiger partial charge < -0.3 is 4.74 Å². The Bertz CT molecular complexity index is 1200. The third-order valence-electron chi connectivity index (χ3n) is 12.5. The maximum atomic E-state index is 14.4. The standard InChI is InChI=1S/C32H44NO4/c1-27(2)12-14-32(26(36)37-9)15-13-31(7)24(19(32)17-27)21(34)16-23-29(5)18-20(33-8)25(35)28(3,4)22(29)10-11-30(23,31)6/h8,16,18-19,22,24H,10-15,17H2,1-7,9H3/q+1. The summed E-state index contributed by atoms with van der Waals surface area (Å²) in [7, 11) is 1.49. The van der Waals surface area contributed by atoms with E-state index in [-0.39, 0.29) is 51.5 Å². The lowest BCUT2D eigenvalue weighted by molar-refractivity contribution is -0.191. The highest BCUT2D eigenvalue weighted by Gasteiger charge is 2.71. The summed E-state index contributed by atoms with van der Waals surface area (Å²) in [5.74, 6) is -0.209.